The van der Waals surface area contributed by atoms with Crippen molar-refractivity contribution >= 4 is 17.2 Å². The molecule has 2 aliphatic rings. The van der Waals surface area contributed by atoms with Crippen LogP contribution in [0.5, 0.6) is 11.5 Å². The fraction of sp³-hybridized carbons (Fsp3) is 0.0833. The van der Waals surface area contributed by atoms with Crippen LogP contribution in [0, 0.1) is 18.8 Å². The minimum absolute atomic E-state index is 0. The van der Waals surface area contributed by atoms with Crippen molar-refractivity contribution in [3.63, 3.8) is 0 Å². The van der Waals surface area contributed by atoms with Crippen LogP contribution >= 0.6 is 0 Å². The topological polar surface area (TPSA) is 45.9 Å². The molecule has 216 valence electrons. The number of ether oxygens (including phenoxy) is 1. The zero-order valence-electron chi connectivity index (χ0n) is 23.4. The molecule has 0 amide bonds. The Hall–Kier alpha value is -4.67. The van der Waals surface area contributed by atoms with Gasteiger partial charge in [0.15, 0.2) is 0 Å². The molecule has 2 heterocycles. The Morgan fingerprint density at radius 1 is 0.837 bits per heavy atom. The Labute approximate surface area is 266 Å². The third-order valence-electron chi connectivity index (χ3n) is 7.20. The van der Waals surface area contributed by atoms with Crippen LogP contribution in [0.25, 0.3) is 22.5 Å². The van der Waals surface area contributed by atoms with E-state index in [1.54, 1.807) is 0 Å². The van der Waals surface area contributed by atoms with Crippen molar-refractivity contribution in [3.8, 4) is 34.0 Å². The Bertz CT molecular complexity index is 1800. The van der Waals surface area contributed by atoms with E-state index >= 15 is 0 Å². The summed E-state index contributed by atoms with van der Waals surface area (Å²) in [5, 5.41) is 11.5. The molecular weight excluding hydrogens is 714 g/mol. The van der Waals surface area contributed by atoms with Gasteiger partial charge in [-0.15, -0.1) is 48.6 Å². The number of amidine groups is 1. The molecule has 0 bridgehead atoms. The largest absolute Gasteiger partial charge is 0.503 e. The number of benzene rings is 4. The fourth-order valence-electron chi connectivity index (χ4n) is 5.14. The molecule has 0 fully saturated rings. The van der Waals surface area contributed by atoms with Gasteiger partial charge in [-0.25, -0.2) is 5.10 Å². The van der Waals surface area contributed by atoms with Crippen LogP contribution < -0.4 is 14.6 Å². The zero-order chi connectivity index (χ0) is 28.3. The smallest absolute Gasteiger partial charge is 0.0952 e. The van der Waals surface area contributed by atoms with Crippen LogP contribution in [0.2, 0.25) is 0 Å². The molecule has 5 aromatic rings. The molecule has 1 aliphatic heterocycles. The van der Waals surface area contributed by atoms with Crippen LogP contribution in [0.3, 0.4) is 0 Å². The number of hydrazone groups is 1. The second-order valence-electron chi connectivity index (χ2n) is 10.1. The van der Waals surface area contributed by atoms with Crippen LogP contribution in [0.15, 0.2) is 133 Å². The van der Waals surface area contributed by atoms with Crippen LogP contribution in [-0.2, 0) is 21.1 Å². The van der Waals surface area contributed by atoms with E-state index in [1.165, 1.54) is 0 Å². The number of aromatic nitrogens is 2. The van der Waals surface area contributed by atoms with Crippen molar-refractivity contribution in [2.45, 2.75) is 19.4 Å². The maximum atomic E-state index is 6.25. The van der Waals surface area contributed by atoms with Gasteiger partial charge in [-0.2, -0.15) is 11.2 Å². The van der Waals surface area contributed by atoms with Gasteiger partial charge in [0.2, 0.25) is 0 Å². The van der Waals surface area contributed by atoms with Gasteiger partial charge in [0.05, 0.1) is 17.6 Å². The average molecular weight is 742 g/mol. The van der Waals surface area contributed by atoms with E-state index in [4.69, 9.17) is 14.9 Å². The second-order valence-corrected chi connectivity index (χ2v) is 10.1. The summed E-state index contributed by atoms with van der Waals surface area (Å²) < 4.78 is 8.36. The standard InChI is InChI=1S/C36H28N5O.Pt/c1-27-37-40(26-39(27)30-16-7-3-8-17-30)32-20-12-22-34(24-32)42-33-21-11-15-29(23-33)35-25-36(28-13-5-2-6-14-28)41(38-35)31-18-9-4-10-19-31;/h2-18,20-22,25-26,31H,19H2,1H3;/q-3;/t31-;/m1./s1. The molecule has 0 saturated heterocycles. The first-order valence-corrected chi connectivity index (χ1v) is 14.0. The predicted octanol–water partition coefficient (Wildman–Crippen LogP) is 8.44. The third-order valence-corrected chi connectivity index (χ3v) is 7.20. The van der Waals surface area contributed by atoms with Crippen LogP contribution in [0.4, 0.5) is 11.4 Å². The maximum Gasteiger partial charge on any atom is 0.0952 e. The zero-order valence-corrected chi connectivity index (χ0v) is 25.7. The van der Waals surface area contributed by atoms with Crippen LogP contribution in [-0.4, -0.2) is 15.6 Å². The molecule has 0 N–H and O–H groups in total. The Balaban J connectivity index is 0.00000329. The molecule has 1 aliphatic carbocycles. The van der Waals surface area contributed by atoms with Crippen molar-refractivity contribution in [2.24, 2.45) is 5.10 Å². The first-order valence-electron chi connectivity index (χ1n) is 14.0. The molecule has 0 spiro atoms. The summed E-state index contributed by atoms with van der Waals surface area (Å²) >= 11 is 0. The summed E-state index contributed by atoms with van der Waals surface area (Å²) in [5.74, 6) is 2.04. The van der Waals surface area contributed by atoms with Gasteiger partial charge in [-0.1, -0.05) is 90.7 Å². The number of rotatable bonds is 7. The summed E-state index contributed by atoms with van der Waals surface area (Å²) in [6, 6.07) is 41.2. The van der Waals surface area contributed by atoms with E-state index in [9.17, 15) is 0 Å². The van der Waals surface area contributed by atoms with Crippen molar-refractivity contribution < 1.29 is 25.8 Å². The van der Waals surface area contributed by atoms with Crippen molar-refractivity contribution in [1.82, 2.24) is 9.78 Å². The quantitative estimate of drug-likeness (QED) is 0.157. The SMILES string of the molecule is CC1=NN(c2[c-]c(Oc3[c-]c(-c4cc(-c5ccccc5)n([C@@H]5C=CC=CC5)n4)ccc3)ccc2)[CH-]N1c1ccccc1.[Pt]. The van der Waals surface area contributed by atoms with Crippen LogP contribution in [0.1, 0.15) is 19.4 Å². The average Bonchev–Trinajstić information content (AvgIpc) is 3.67. The van der Waals surface area contributed by atoms with E-state index in [2.05, 4.69) is 83.6 Å². The summed E-state index contributed by atoms with van der Waals surface area (Å²) in [6.45, 7) is 3.93. The van der Waals surface area contributed by atoms with Crippen molar-refractivity contribution in [2.75, 3.05) is 9.91 Å². The summed E-state index contributed by atoms with van der Waals surface area (Å²) in [6.07, 6.45) is 9.44. The fourth-order valence-corrected chi connectivity index (χ4v) is 5.14. The van der Waals surface area contributed by atoms with Crippen molar-refractivity contribution in [3.05, 3.63) is 146 Å². The molecule has 1 atom stereocenters. The second kappa shape index (κ2) is 12.7. The molecule has 0 unspecified atom stereocenters. The van der Waals surface area contributed by atoms with E-state index in [0.717, 1.165) is 46.1 Å². The van der Waals surface area contributed by atoms with Gasteiger partial charge in [-0.05, 0) is 31.0 Å². The number of anilines is 2. The first kappa shape index (κ1) is 28.4. The number of para-hydroxylation sites is 1. The van der Waals surface area contributed by atoms with Gasteiger partial charge < -0.3 is 14.6 Å². The van der Waals surface area contributed by atoms with Gasteiger partial charge in [0.25, 0.3) is 0 Å². The first-order chi connectivity index (χ1) is 20.7. The summed E-state index contributed by atoms with van der Waals surface area (Å²) in [4.78, 5) is 2.04. The Morgan fingerprint density at radius 3 is 2.35 bits per heavy atom. The molecule has 4 aromatic carbocycles. The van der Waals surface area contributed by atoms with E-state index in [1.807, 2.05) is 84.2 Å². The minimum atomic E-state index is 0. The monoisotopic (exact) mass is 741 g/mol. The molecule has 0 radical (unpaired) electrons. The Morgan fingerprint density at radius 2 is 1.58 bits per heavy atom. The predicted molar refractivity (Wildman–Crippen MR) is 168 cm³/mol. The normalized spacial score (nSPS) is 15.7. The molecule has 7 heteroatoms. The van der Waals surface area contributed by atoms with Crippen molar-refractivity contribution in [1.29, 1.82) is 0 Å². The summed E-state index contributed by atoms with van der Waals surface area (Å²) in [5.41, 5.74) is 5.73. The Kier molecular flexibility index (Phi) is 8.39. The molecule has 1 aromatic heterocycles. The molecule has 0 saturated carbocycles. The van der Waals surface area contributed by atoms with Gasteiger partial charge in [-0.3, -0.25) is 4.68 Å². The third kappa shape index (κ3) is 6.11. The minimum Gasteiger partial charge on any atom is -0.503 e. The molecule has 6 nitrogen and oxygen atoms in total. The molecule has 43 heavy (non-hydrogen) atoms. The van der Waals surface area contributed by atoms with Gasteiger partial charge >= 0.3 is 0 Å². The molecular formula is C36H28N5OPt-3. The van der Waals surface area contributed by atoms with E-state index in [-0.39, 0.29) is 27.1 Å². The van der Waals surface area contributed by atoms with Gasteiger partial charge in [0, 0.05) is 43.9 Å². The van der Waals surface area contributed by atoms with Gasteiger partial charge in [0.1, 0.15) is 0 Å². The maximum absolute atomic E-state index is 6.25. The number of nitrogens with zero attached hydrogens (tertiary/aromatic N) is 5. The number of hydrogen-bond acceptors (Lipinski definition) is 5. The van der Waals surface area contributed by atoms with E-state index < -0.39 is 0 Å². The number of hydrogen-bond donors (Lipinski definition) is 0. The molecule has 7 rings (SSSR count). The van der Waals surface area contributed by atoms with E-state index in [0.29, 0.717) is 11.5 Å². The number of allylic oxidation sites excluding steroid dienone is 4. The summed E-state index contributed by atoms with van der Waals surface area (Å²) in [7, 11) is 0.